The van der Waals surface area contributed by atoms with Gasteiger partial charge in [-0.15, -0.1) is 0 Å². The van der Waals surface area contributed by atoms with Gasteiger partial charge < -0.3 is 20.4 Å². The van der Waals surface area contributed by atoms with Crippen molar-refractivity contribution in [3.63, 3.8) is 0 Å². The first-order valence-electron chi connectivity index (χ1n) is 10.1. The Morgan fingerprint density at radius 1 is 0.846 bits per heavy atom. The number of benzene rings is 1. The Kier molecular flexibility index (Phi) is 11.0. The van der Waals surface area contributed by atoms with E-state index < -0.39 is 0 Å². The summed E-state index contributed by atoms with van der Waals surface area (Å²) in [6, 6.07) is 7.32. The maximum Gasteiger partial charge on any atom is 0.253 e. The van der Waals surface area contributed by atoms with Crippen LogP contribution in [0.15, 0.2) is 24.3 Å². The zero-order valence-electron chi connectivity index (χ0n) is 17.2. The Morgan fingerprint density at radius 3 is 1.77 bits per heavy atom. The van der Waals surface area contributed by atoms with Gasteiger partial charge in [0.15, 0.2) is 0 Å². The van der Waals surface area contributed by atoms with Crippen LogP contribution in [0.3, 0.4) is 0 Å². The van der Waals surface area contributed by atoms with E-state index in [0.29, 0.717) is 11.3 Å². The van der Waals surface area contributed by atoms with Gasteiger partial charge in [0.05, 0.1) is 0 Å². The smallest absolute Gasteiger partial charge is 0.253 e. The SMILES string of the molecule is CCN(CC)CCCN(CCCN(CC)CC)C(=O)c1cccc(N)c1. The summed E-state index contributed by atoms with van der Waals surface area (Å²) >= 11 is 0. The van der Waals surface area contributed by atoms with Crippen LogP contribution >= 0.6 is 0 Å². The molecule has 0 heterocycles. The first-order chi connectivity index (χ1) is 12.5. The van der Waals surface area contributed by atoms with Crippen molar-refractivity contribution in [1.82, 2.24) is 14.7 Å². The van der Waals surface area contributed by atoms with E-state index in [1.807, 2.05) is 23.1 Å². The summed E-state index contributed by atoms with van der Waals surface area (Å²) in [4.78, 5) is 19.8. The number of hydrogen-bond donors (Lipinski definition) is 1. The molecular weight excluding hydrogens is 324 g/mol. The largest absolute Gasteiger partial charge is 0.399 e. The van der Waals surface area contributed by atoms with Crippen LogP contribution in [0.5, 0.6) is 0 Å². The molecule has 0 aliphatic carbocycles. The predicted molar refractivity (Wildman–Crippen MR) is 112 cm³/mol. The van der Waals surface area contributed by atoms with Crippen LogP contribution in [0.2, 0.25) is 0 Å². The van der Waals surface area contributed by atoms with Crippen molar-refractivity contribution < 1.29 is 4.79 Å². The highest BCUT2D eigenvalue weighted by Crippen LogP contribution is 2.11. The summed E-state index contributed by atoms with van der Waals surface area (Å²) in [5.41, 5.74) is 7.20. The molecule has 0 unspecified atom stereocenters. The number of hydrogen-bond acceptors (Lipinski definition) is 4. The maximum atomic E-state index is 13.0. The summed E-state index contributed by atoms with van der Waals surface area (Å²) in [6.45, 7) is 16.6. The van der Waals surface area contributed by atoms with Crippen molar-refractivity contribution in [2.75, 3.05) is 58.1 Å². The molecule has 5 nitrogen and oxygen atoms in total. The maximum absolute atomic E-state index is 13.0. The number of nitrogens with two attached hydrogens (primary N) is 1. The van der Waals surface area contributed by atoms with E-state index in [1.165, 1.54) is 0 Å². The number of carbonyl (C=O) groups is 1. The molecule has 26 heavy (non-hydrogen) atoms. The number of carbonyl (C=O) groups excluding carboxylic acids is 1. The minimum atomic E-state index is 0.0939. The topological polar surface area (TPSA) is 52.8 Å². The zero-order chi connectivity index (χ0) is 19.4. The Bertz CT molecular complexity index is 494. The van der Waals surface area contributed by atoms with Crippen LogP contribution in [0.25, 0.3) is 0 Å². The van der Waals surface area contributed by atoms with Crippen molar-refractivity contribution in [2.24, 2.45) is 0 Å². The molecule has 0 fully saturated rings. The molecule has 1 aromatic carbocycles. The normalized spacial score (nSPS) is 11.3. The monoisotopic (exact) mass is 362 g/mol. The Labute approximate surface area is 160 Å². The first kappa shape index (κ1) is 22.5. The molecule has 5 heteroatoms. The fraction of sp³-hybridized carbons (Fsp3) is 0.667. The van der Waals surface area contributed by atoms with Crippen LogP contribution in [0.4, 0.5) is 5.69 Å². The van der Waals surface area contributed by atoms with E-state index in [2.05, 4.69) is 37.5 Å². The second-order valence-corrected chi connectivity index (χ2v) is 6.68. The number of anilines is 1. The average Bonchev–Trinajstić information content (AvgIpc) is 2.66. The lowest BCUT2D eigenvalue weighted by Crippen LogP contribution is -2.36. The third kappa shape index (κ3) is 7.75. The molecule has 0 saturated carbocycles. The van der Waals surface area contributed by atoms with E-state index >= 15 is 0 Å². The molecule has 0 aliphatic heterocycles. The highest BCUT2D eigenvalue weighted by molar-refractivity contribution is 5.95. The Morgan fingerprint density at radius 2 is 1.35 bits per heavy atom. The van der Waals surface area contributed by atoms with Gasteiger partial charge in [-0.3, -0.25) is 4.79 Å². The molecule has 0 radical (unpaired) electrons. The van der Waals surface area contributed by atoms with E-state index in [4.69, 9.17) is 5.73 Å². The molecule has 148 valence electrons. The molecular formula is C21H38N4O. The zero-order valence-corrected chi connectivity index (χ0v) is 17.2. The number of rotatable bonds is 13. The van der Waals surface area contributed by atoms with Gasteiger partial charge in [0.2, 0.25) is 0 Å². The van der Waals surface area contributed by atoms with E-state index in [9.17, 15) is 4.79 Å². The fourth-order valence-electron chi connectivity index (χ4n) is 3.22. The molecule has 0 aliphatic rings. The van der Waals surface area contributed by atoms with Crippen molar-refractivity contribution in [2.45, 2.75) is 40.5 Å². The summed E-state index contributed by atoms with van der Waals surface area (Å²) in [7, 11) is 0. The van der Waals surface area contributed by atoms with Gasteiger partial charge in [0, 0.05) is 24.3 Å². The van der Waals surface area contributed by atoms with Crippen LogP contribution in [0, 0.1) is 0 Å². The summed E-state index contributed by atoms with van der Waals surface area (Å²) in [5.74, 6) is 0.0939. The lowest BCUT2D eigenvalue weighted by Gasteiger charge is -2.26. The Balaban J connectivity index is 2.68. The first-order valence-corrected chi connectivity index (χ1v) is 10.1. The van der Waals surface area contributed by atoms with Gasteiger partial charge in [0.25, 0.3) is 5.91 Å². The predicted octanol–water partition coefficient (Wildman–Crippen LogP) is 3.17. The van der Waals surface area contributed by atoms with Crippen LogP contribution < -0.4 is 5.73 Å². The van der Waals surface area contributed by atoms with Gasteiger partial charge >= 0.3 is 0 Å². The van der Waals surface area contributed by atoms with Crippen molar-refractivity contribution in [3.05, 3.63) is 29.8 Å². The van der Waals surface area contributed by atoms with Gasteiger partial charge in [-0.1, -0.05) is 33.8 Å². The van der Waals surface area contributed by atoms with Crippen LogP contribution in [-0.4, -0.2) is 73.0 Å². The van der Waals surface area contributed by atoms with Crippen LogP contribution in [-0.2, 0) is 0 Å². The summed E-state index contributed by atoms with van der Waals surface area (Å²) in [6.07, 6.45) is 2.00. The Hall–Kier alpha value is -1.59. The summed E-state index contributed by atoms with van der Waals surface area (Å²) < 4.78 is 0. The standard InChI is InChI=1S/C21H38N4O/c1-5-23(6-2)14-10-16-25(17-11-15-24(7-3)8-4)21(26)19-12-9-13-20(22)18-19/h9,12-13,18H,5-8,10-11,14-17,22H2,1-4H3. The highest BCUT2D eigenvalue weighted by atomic mass is 16.2. The molecule has 0 spiro atoms. The van der Waals surface area contributed by atoms with Gasteiger partial charge in [0.1, 0.15) is 0 Å². The van der Waals surface area contributed by atoms with Crippen LogP contribution in [0.1, 0.15) is 50.9 Å². The average molecular weight is 363 g/mol. The van der Waals surface area contributed by atoms with Gasteiger partial charge in [-0.05, 0) is 70.3 Å². The number of amides is 1. The second-order valence-electron chi connectivity index (χ2n) is 6.68. The van der Waals surface area contributed by atoms with Crippen molar-refractivity contribution in [3.8, 4) is 0 Å². The molecule has 0 bridgehead atoms. The third-order valence-corrected chi connectivity index (χ3v) is 5.01. The van der Waals surface area contributed by atoms with E-state index in [1.54, 1.807) is 6.07 Å². The fourth-order valence-corrected chi connectivity index (χ4v) is 3.22. The minimum absolute atomic E-state index is 0.0939. The van der Waals surface area contributed by atoms with Gasteiger partial charge in [-0.25, -0.2) is 0 Å². The molecule has 2 N–H and O–H groups in total. The molecule has 1 rings (SSSR count). The van der Waals surface area contributed by atoms with Crippen molar-refractivity contribution >= 4 is 11.6 Å². The minimum Gasteiger partial charge on any atom is -0.399 e. The summed E-state index contributed by atoms with van der Waals surface area (Å²) in [5, 5.41) is 0. The molecule has 1 amide bonds. The molecule has 0 saturated heterocycles. The number of nitrogen functional groups attached to an aromatic ring is 1. The molecule has 0 aromatic heterocycles. The molecule has 0 atom stereocenters. The van der Waals surface area contributed by atoms with E-state index in [0.717, 1.165) is 65.2 Å². The number of nitrogens with zero attached hydrogens (tertiary/aromatic N) is 3. The lowest BCUT2D eigenvalue weighted by molar-refractivity contribution is 0.0741. The third-order valence-electron chi connectivity index (χ3n) is 5.01. The second kappa shape index (κ2) is 12.7. The van der Waals surface area contributed by atoms with Gasteiger partial charge in [-0.2, -0.15) is 0 Å². The van der Waals surface area contributed by atoms with E-state index in [-0.39, 0.29) is 5.91 Å². The lowest BCUT2D eigenvalue weighted by atomic mass is 10.1. The quantitative estimate of drug-likeness (QED) is 0.548. The molecule has 1 aromatic rings. The van der Waals surface area contributed by atoms with Crippen molar-refractivity contribution in [1.29, 1.82) is 0 Å². The highest BCUT2D eigenvalue weighted by Gasteiger charge is 2.16.